The Balaban J connectivity index is 2.35. The van der Waals surface area contributed by atoms with Gasteiger partial charge in [-0.3, -0.25) is 4.79 Å². The van der Waals surface area contributed by atoms with Gasteiger partial charge in [-0.05, 0) is 40.3 Å². The fourth-order valence-corrected chi connectivity index (χ4v) is 2.73. The Bertz CT molecular complexity index is 608. The first-order valence-electron chi connectivity index (χ1n) is 6.14. The summed E-state index contributed by atoms with van der Waals surface area (Å²) in [6.07, 6.45) is 1.63. The lowest BCUT2D eigenvalue weighted by molar-refractivity contribution is 0.0957. The zero-order chi connectivity index (χ0) is 12.0. The van der Waals surface area contributed by atoms with Gasteiger partial charge >= 0.3 is 0 Å². The molecule has 3 rings (SSSR count). The van der Waals surface area contributed by atoms with Crippen LogP contribution in [0.4, 0.5) is 0 Å². The van der Waals surface area contributed by atoms with Gasteiger partial charge in [0.1, 0.15) is 0 Å². The van der Waals surface area contributed by atoms with E-state index in [2.05, 4.69) is 38.1 Å². The van der Waals surface area contributed by atoms with Crippen LogP contribution >= 0.6 is 0 Å². The topological polar surface area (TPSA) is 17.1 Å². The van der Waals surface area contributed by atoms with Crippen LogP contribution in [0, 0.1) is 0 Å². The molecule has 0 unspecified atom stereocenters. The maximum absolute atomic E-state index is 12.0. The van der Waals surface area contributed by atoms with Gasteiger partial charge in [-0.2, -0.15) is 0 Å². The molecule has 2 aromatic carbocycles. The molecule has 0 saturated heterocycles. The molecule has 17 heavy (non-hydrogen) atoms. The number of carbonyl (C=O) groups excluding carboxylic acids is 1. The predicted molar refractivity (Wildman–Crippen MR) is 70.5 cm³/mol. The fourth-order valence-electron chi connectivity index (χ4n) is 2.73. The lowest BCUT2D eigenvalue weighted by Crippen LogP contribution is -2.27. The second-order valence-electron chi connectivity index (χ2n) is 5.55. The second kappa shape index (κ2) is 3.43. The minimum absolute atomic E-state index is 0.118. The molecule has 1 aliphatic rings. The minimum atomic E-state index is 0.118. The molecule has 0 saturated carbocycles. The van der Waals surface area contributed by atoms with Gasteiger partial charge in [-0.25, -0.2) is 0 Å². The Kier molecular flexibility index (Phi) is 2.12. The molecule has 0 aliphatic heterocycles. The number of ketones is 1. The van der Waals surface area contributed by atoms with Crippen molar-refractivity contribution in [1.82, 2.24) is 0 Å². The van der Waals surface area contributed by atoms with Crippen molar-refractivity contribution in [1.29, 1.82) is 0 Å². The van der Waals surface area contributed by atoms with Crippen LogP contribution in [0.5, 0.6) is 0 Å². The van der Waals surface area contributed by atoms with Crippen molar-refractivity contribution in [2.24, 2.45) is 0 Å². The van der Waals surface area contributed by atoms with Crippen LogP contribution in [0.25, 0.3) is 10.8 Å². The van der Waals surface area contributed by atoms with E-state index >= 15 is 0 Å². The number of rotatable bonds is 0. The third kappa shape index (κ3) is 1.57. The van der Waals surface area contributed by atoms with Crippen molar-refractivity contribution < 1.29 is 4.79 Å². The van der Waals surface area contributed by atoms with Crippen molar-refractivity contribution in [3.05, 3.63) is 47.5 Å². The number of hydrogen-bond donors (Lipinski definition) is 0. The summed E-state index contributed by atoms with van der Waals surface area (Å²) in [5, 5.41) is 2.39. The van der Waals surface area contributed by atoms with Gasteiger partial charge in [0.2, 0.25) is 0 Å². The van der Waals surface area contributed by atoms with Crippen molar-refractivity contribution >= 4 is 16.6 Å². The highest BCUT2D eigenvalue weighted by atomic mass is 16.1. The molecule has 0 fully saturated rings. The summed E-state index contributed by atoms with van der Waals surface area (Å²) < 4.78 is 0. The van der Waals surface area contributed by atoms with Crippen molar-refractivity contribution in [3.63, 3.8) is 0 Å². The third-order valence-corrected chi connectivity index (χ3v) is 3.89. The summed E-state index contributed by atoms with van der Waals surface area (Å²) in [5.41, 5.74) is 2.26. The molecular weight excluding hydrogens is 208 g/mol. The van der Waals surface area contributed by atoms with Gasteiger partial charge in [-0.1, -0.05) is 38.1 Å². The fraction of sp³-hybridized carbons (Fsp3) is 0.312. The van der Waals surface area contributed by atoms with E-state index in [1.165, 1.54) is 10.9 Å². The zero-order valence-corrected chi connectivity index (χ0v) is 10.3. The van der Waals surface area contributed by atoms with Crippen LogP contribution in [0.2, 0.25) is 0 Å². The van der Waals surface area contributed by atoms with Crippen molar-refractivity contribution in [2.75, 3.05) is 0 Å². The smallest absolute Gasteiger partial charge is 0.163 e. The molecule has 1 heteroatoms. The second-order valence-corrected chi connectivity index (χ2v) is 5.55. The van der Waals surface area contributed by atoms with E-state index < -0.39 is 0 Å². The lowest BCUT2D eigenvalue weighted by Gasteiger charge is -2.32. The number of carbonyl (C=O) groups is 1. The minimum Gasteiger partial charge on any atom is -0.294 e. The molecule has 0 atom stereocenters. The molecular formula is C16H16O. The molecule has 2 aromatic rings. The van der Waals surface area contributed by atoms with E-state index in [9.17, 15) is 4.79 Å². The summed E-state index contributed by atoms with van der Waals surface area (Å²) in [6, 6.07) is 12.5. The Labute approximate surface area is 101 Å². The van der Waals surface area contributed by atoms with Crippen LogP contribution in [-0.4, -0.2) is 5.78 Å². The van der Waals surface area contributed by atoms with Crippen molar-refractivity contribution in [3.8, 4) is 0 Å². The van der Waals surface area contributed by atoms with E-state index in [0.29, 0.717) is 12.2 Å². The van der Waals surface area contributed by atoms with Gasteiger partial charge in [0.05, 0.1) is 0 Å². The molecule has 0 N–H and O–H groups in total. The van der Waals surface area contributed by atoms with Crippen molar-refractivity contribution in [2.45, 2.75) is 32.1 Å². The number of fused-ring (bicyclic) bond motifs is 2. The third-order valence-electron chi connectivity index (χ3n) is 3.89. The summed E-state index contributed by atoms with van der Waals surface area (Å²) in [5.74, 6) is 0.296. The Morgan fingerprint density at radius 2 is 1.71 bits per heavy atom. The van der Waals surface area contributed by atoms with Gasteiger partial charge in [0.25, 0.3) is 0 Å². The SMILES string of the molecule is CC1(C)CCC(=O)c2cc3ccccc3cc21. The lowest BCUT2D eigenvalue weighted by atomic mass is 9.71. The van der Waals surface area contributed by atoms with Gasteiger partial charge in [0, 0.05) is 12.0 Å². The molecule has 86 valence electrons. The van der Waals surface area contributed by atoms with Gasteiger partial charge in [-0.15, -0.1) is 0 Å². The van der Waals surface area contributed by atoms with E-state index in [1.807, 2.05) is 12.1 Å². The first-order chi connectivity index (χ1) is 8.08. The predicted octanol–water partition coefficient (Wildman–Crippen LogP) is 4.09. The van der Waals surface area contributed by atoms with Gasteiger partial charge < -0.3 is 0 Å². The van der Waals surface area contributed by atoms with Crippen LogP contribution < -0.4 is 0 Å². The quantitative estimate of drug-likeness (QED) is 0.658. The maximum Gasteiger partial charge on any atom is 0.163 e. The molecule has 0 amide bonds. The van der Waals surface area contributed by atoms with Crippen LogP contribution in [0.1, 0.15) is 42.6 Å². The highest BCUT2D eigenvalue weighted by molar-refractivity contribution is 6.03. The maximum atomic E-state index is 12.0. The monoisotopic (exact) mass is 224 g/mol. The first kappa shape index (κ1) is 10.5. The Morgan fingerprint density at radius 1 is 1.06 bits per heavy atom. The van der Waals surface area contributed by atoms with Crippen LogP contribution in [0.15, 0.2) is 36.4 Å². The van der Waals surface area contributed by atoms with Gasteiger partial charge in [0.15, 0.2) is 5.78 Å². The summed E-state index contributed by atoms with van der Waals surface area (Å²) in [4.78, 5) is 12.0. The van der Waals surface area contributed by atoms with E-state index in [4.69, 9.17) is 0 Å². The molecule has 0 bridgehead atoms. The Morgan fingerprint density at radius 3 is 2.41 bits per heavy atom. The number of hydrogen-bond acceptors (Lipinski definition) is 1. The van der Waals surface area contributed by atoms with E-state index in [0.717, 1.165) is 17.4 Å². The summed E-state index contributed by atoms with van der Waals surface area (Å²) in [6.45, 7) is 4.46. The molecule has 0 radical (unpaired) electrons. The standard InChI is InChI=1S/C16H16O/c1-16(2)8-7-15(17)13-9-11-5-3-4-6-12(11)10-14(13)16/h3-6,9-10H,7-8H2,1-2H3. The van der Waals surface area contributed by atoms with Crippen LogP contribution in [0.3, 0.4) is 0 Å². The number of benzene rings is 2. The Hall–Kier alpha value is -1.63. The van der Waals surface area contributed by atoms with E-state index in [-0.39, 0.29) is 5.41 Å². The average Bonchev–Trinajstić information content (AvgIpc) is 2.33. The molecule has 1 aliphatic carbocycles. The molecule has 0 heterocycles. The largest absolute Gasteiger partial charge is 0.294 e. The molecule has 1 nitrogen and oxygen atoms in total. The summed E-state index contributed by atoms with van der Waals surface area (Å²) in [7, 11) is 0. The average molecular weight is 224 g/mol. The zero-order valence-electron chi connectivity index (χ0n) is 10.3. The first-order valence-corrected chi connectivity index (χ1v) is 6.14. The molecule has 0 spiro atoms. The number of Topliss-reactive ketones (excluding diaryl/α,β-unsaturated/α-hetero) is 1. The van der Waals surface area contributed by atoms with E-state index in [1.54, 1.807) is 0 Å². The highest BCUT2D eigenvalue weighted by Crippen LogP contribution is 2.38. The van der Waals surface area contributed by atoms with Crippen LogP contribution in [-0.2, 0) is 5.41 Å². The molecule has 0 aromatic heterocycles. The summed E-state index contributed by atoms with van der Waals surface area (Å²) >= 11 is 0. The normalized spacial score (nSPS) is 18.1. The highest BCUT2D eigenvalue weighted by Gasteiger charge is 2.31.